The summed E-state index contributed by atoms with van der Waals surface area (Å²) in [6.45, 7) is 0. The SMILES string of the molecule is O=C(O)CC(O)c1ccccc1-c1cc2ccccc2s1. The van der Waals surface area contributed by atoms with Crippen molar-refractivity contribution >= 4 is 27.4 Å². The summed E-state index contributed by atoms with van der Waals surface area (Å²) in [7, 11) is 0. The standard InChI is InChI=1S/C17H14O3S/c18-14(10-17(19)20)12-6-2-3-7-13(12)16-9-11-5-1-4-8-15(11)21-16/h1-9,14,18H,10H2,(H,19,20). The summed E-state index contributed by atoms with van der Waals surface area (Å²) >= 11 is 1.64. The van der Waals surface area contributed by atoms with Gasteiger partial charge >= 0.3 is 5.97 Å². The summed E-state index contributed by atoms with van der Waals surface area (Å²) in [6, 6.07) is 17.6. The van der Waals surface area contributed by atoms with Crippen molar-refractivity contribution in [2.75, 3.05) is 0 Å². The summed E-state index contributed by atoms with van der Waals surface area (Å²) in [4.78, 5) is 11.9. The quantitative estimate of drug-likeness (QED) is 0.763. The third-order valence-corrected chi connectivity index (χ3v) is 4.53. The van der Waals surface area contributed by atoms with Gasteiger partial charge in [0.1, 0.15) is 0 Å². The van der Waals surface area contributed by atoms with Crippen LogP contribution in [0.1, 0.15) is 18.1 Å². The molecule has 1 heterocycles. The number of fused-ring (bicyclic) bond motifs is 1. The van der Waals surface area contributed by atoms with E-state index >= 15 is 0 Å². The number of benzene rings is 2. The number of carboxylic acids is 1. The Balaban J connectivity index is 2.07. The molecule has 0 aliphatic rings. The van der Waals surface area contributed by atoms with E-state index in [0.29, 0.717) is 5.56 Å². The molecule has 0 radical (unpaired) electrons. The Morgan fingerprint density at radius 1 is 1.10 bits per heavy atom. The van der Waals surface area contributed by atoms with Crippen molar-refractivity contribution in [2.45, 2.75) is 12.5 Å². The molecule has 2 N–H and O–H groups in total. The van der Waals surface area contributed by atoms with E-state index in [1.54, 1.807) is 17.4 Å². The van der Waals surface area contributed by atoms with Crippen LogP contribution >= 0.6 is 11.3 Å². The van der Waals surface area contributed by atoms with Crippen LogP contribution in [0.15, 0.2) is 54.6 Å². The van der Waals surface area contributed by atoms with E-state index in [1.807, 2.05) is 36.4 Å². The molecule has 1 unspecified atom stereocenters. The fraction of sp³-hybridized carbons (Fsp3) is 0.118. The monoisotopic (exact) mass is 298 g/mol. The highest BCUT2D eigenvalue weighted by Crippen LogP contribution is 2.37. The molecule has 2 aromatic carbocycles. The van der Waals surface area contributed by atoms with Gasteiger partial charge in [-0.1, -0.05) is 42.5 Å². The van der Waals surface area contributed by atoms with Gasteiger partial charge in [-0.2, -0.15) is 0 Å². The zero-order valence-corrected chi connectivity index (χ0v) is 12.0. The lowest BCUT2D eigenvalue weighted by Crippen LogP contribution is -2.06. The Hall–Kier alpha value is -2.17. The van der Waals surface area contributed by atoms with E-state index in [-0.39, 0.29) is 6.42 Å². The fourth-order valence-corrected chi connectivity index (χ4v) is 3.51. The first-order valence-corrected chi connectivity index (χ1v) is 7.44. The van der Waals surface area contributed by atoms with Gasteiger partial charge in [0, 0.05) is 9.58 Å². The zero-order valence-electron chi connectivity index (χ0n) is 11.2. The molecular weight excluding hydrogens is 284 g/mol. The molecule has 106 valence electrons. The minimum absolute atomic E-state index is 0.290. The first-order valence-electron chi connectivity index (χ1n) is 6.63. The van der Waals surface area contributed by atoms with Crippen molar-refractivity contribution in [3.05, 3.63) is 60.2 Å². The summed E-state index contributed by atoms with van der Waals surface area (Å²) in [6.07, 6.45) is -1.29. The van der Waals surface area contributed by atoms with E-state index in [1.165, 1.54) is 4.70 Å². The van der Waals surface area contributed by atoms with Crippen LogP contribution in [0.2, 0.25) is 0 Å². The van der Waals surface area contributed by atoms with Crippen molar-refractivity contribution < 1.29 is 15.0 Å². The largest absolute Gasteiger partial charge is 0.481 e. The minimum atomic E-state index is -1.01. The maximum absolute atomic E-state index is 10.8. The Bertz CT molecular complexity index is 758. The smallest absolute Gasteiger partial charge is 0.306 e. The average molecular weight is 298 g/mol. The molecule has 0 aliphatic heterocycles. The summed E-state index contributed by atoms with van der Waals surface area (Å²) in [5.74, 6) is -1.01. The van der Waals surface area contributed by atoms with Gasteiger partial charge in [-0.3, -0.25) is 4.79 Å². The van der Waals surface area contributed by atoms with Crippen LogP contribution in [0.25, 0.3) is 20.5 Å². The third-order valence-electron chi connectivity index (χ3n) is 3.38. The van der Waals surface area contributed by atoms with Crippen LogP contribution in [0.4, 0.5) is 0 Å². The lowest BCUT2D eigenvalue weighted by Gasteiger charge is -2.12. The average Bonchev–Trinajstić information content (AvgIpc) is 2.90. The molecule has 3 aromatic rings. The highest BCUT2D eigenvalue weighted by Gasteiger charge is 2.17. The van der Waals surface area contributed by atoms with Gasteiger partial charge in [0.15, 0.2) is 0 Å². The molecule has 0 amide bonds. The first kappa shape index (κ1) is 13.8. The number of aliphatic carboxylic acids is 1. The summed E-state index contributed by atoms with van der Waals surface area (Å²) < 4.78 is 1.18. The second-order valence-corrected chi connectivity index (χ2v) is 5.93. The molecule has 4 heteroatoms. The van der Waals surface area contributed by atoms with E-state index in [9.17, 15) is 9.90 Å². The van der Waals surface area contributed by atoms with Gasteiger partial charge in [-0.05, 0) is 28.6 Å². The molecule has 0 aliphatic carbocycles. The van der Waals surface area contributed by atoms with Crippen LogP contribution in [-0.2, 0) is 4.79 Å². The molecule has 0 bridgehead atoms. The number of carboxylic acid groups (broad SMARTS) is 1. The van der Waals surface area contributed by atoms with Gasteiger partial charge in [-0.15, -0.1) is 11.3 Å². The lowest BCUT2D eigenvalue weighted by molar-refractivity contribution is -0.139. The molecule has 21 heavy (non-hydrogen) atoms. The lowest BCUT2D eigenvalue weighted by atomic mass is 9.99. The second-order valence-electron chi connectivity index (χ2n) is 4.85. The van der Waals surface area contributed by atoms with Crippen molar-refractivity contribution in [1.29, 1.82) is 0 Å². The number of carbonyl (C=O) groups is 1. The molecule has 0 saturated heterocycles. The van der Waals surface area contributed by atoms with Gasteiger partial charge in [0.25, 0.3) is 0 Å². The second kappa shape index (κ2) is 5.68. The van der Waals surface area contributed by atoms with E-state index < -0.39 is 12.1 Å². The molecule has 3 nitrogen and oxygen atoms in total. The first-order chi connectivity index (χ1) is 10.1. The number of hydrogen-bond acceptors (Lipinski definition) is 3. The molecule has 1 atom stereocenters. The summed E-state index contributed by atoms with van der Waals surface area (Å²) in [5.41, 5.74) is 1.55. The van der Waals surface area contributed by atoms with E-state index in [0.717, 1.165) is 15.8 Å². The normalized spacial score (nSPS) is 12.4. The number of aliphatic hydroxyl groups is 1. The van der Waals surface area contributed by atoms with Crippen molar-refractivity contribution in [1.82, 2.24) is 0 Å². The Kier molecular flexibility index (Phi) is 3.73. The van der Waals surface area contributed by atoms with E-state index in [2.05, 4.69) is 12.1 Å². The van der Waals surface area contributed by atoms with Crippen LogP contribution in [0.5, 0.6) is 0 Å². The highest BCUT2D eigenvalue weighted by atomic mass is 32.1. The maximum atomic E-state index is 10.8. The molecular formula is C17H14O3S. The predicted molar refractivity (Wildman–Crippen MR) is 84.5 cm³/mol. The number of aliphatic hydroxyl groups excluding tert-OH is 1. The number of rotatable bonds is 4. The molecule has 0 spiro atoms. The summed E-state index contributed by atoms with van der Waals surface area (Å²) in [5, 5.41) is 20.1. The van der Waals surface area contributed by atoms with Crippen LogP contribution in [0, 0.1) is 0 Å². The maximum Gasteiger partial charge on any atom is 0.306 e. The Morgan fingerprint density at radius 3 is 2.57 bits per heavy atom. The molecule has 1 aromatic heterocycles. The van der Waals surface area contributed by atoms with Crippen LogP contribution in [0.3, 0.4) is 0 Å². The van der Waals surface area contributed by atoms with Gasteiger partial charge < -0.3 is 10.2 Å². The minimum Gasteiger partial charge on any atom is -0.481 e. The molecule has 0 fully saturated rings. The van der Waals surface area contributed by atoms with Crippen LogP contribution < -0.4 is 0 Å². The van der Waals surface area contributed by atoms with Crippen molar-refractivity contribution in [3.8, 4) is 10.4 Å². The number of hydrogen-bond donors (Lipinski definition) is 2. The van der Waals surface area contributed by atoms with Gasteiger partial charge in [0.2, 0.25) is 0 Å². The van der Waals surface area contributed by atoms with Crippen molar-refractivity contribution in [2.24, 2.45) is 0 Å². The Morgan fingerprint density at radius 2 is 1.81 bits per heavy atom. The molecule has 3 rings (SSSR count). The van der Waals surface area contributed by atoms with Crippen molar-refractivity contribution in [3.63, 3.8) is 0 Å². The number of thiophene rings is 1. The topological polar surface area (TPSA) is 57.5 Å². The molecule has 0 saturated carbocycles. The van der Waals surface area contributed by atoms with E-state index in [4.69, 9.17) is 5.11 Å². The Labute approximate surface area is 126 Å². The van der Waals surface area contributed by atoms with Gasteiger partial charge in [-0.25, -0.2) is 0 Å². The van der Waals surface area contributed by atoms with Crippen LogP contribution in [-0.4, -0.2) is 16.2 Å². The van der Waals surface area contributed by atoms with Gasteiger partial charge in [0.05, 0.1) is 12.5 Å². The fourth-order valence-electron chi connectivity index (χ4n) is 2.40. The third kappa shape index (κ3) is 2.82. The predicted octanol–water partition coefficient (Wildman–Crippen LogP) is 4.08. The zero-order chi connectivity index (χ0) is 14.8. The highest BCUT2D eigenvalue weighted by molar-refractivity contribution is 7.22.